The van der Waals surface area contributed by atoms with Crippen LogP contribution in [0.25, 0.3) is 0 Å². The Kier molecular flexibility index (Phi) is 5.47. The van der Waals surface area contributed by atoms with Gasteiger partial charge in [-0.25, -0.2) is 4.39 Å². The van der Waals surface area contributed by atoms with Gasteiger partial charge in [0.1, 0.15) is 5.82 Å². The summed E-state index contributed by atoms with van der Waals surface area (Å²) in [6.07, 6.45) is 3.04. The summed E-state index contributed by atoms with van der Waals surface area (Å²) < 4.78 is 40.4. The van der Waals surface area contributed by atoms with Gasteiger partial charge in [-0.15, -0.1) is 11.8 Å². The SMILES string of the molecule is CSc1cccc(NC(=O)c2cn[nH]c2S(=O)(=O)Nc2ccc(F)cc2)c1. The molecular formula is C17H15FN4O3S2. The van der Waals surface area contributed by atoms with Gasteiger partial charge in [0.2, 0.25) is 0 Å². The number of aromatic nitrogens is 2. The first-order valence-corrected chi connectivity index (χ1v) is 10.4. The fourth-order valence-corrected chi connectivity index (χ4v) is 3.88. The molecule has 0 saturated carbocycles. The third kappa shape index (κ3) is 4.47. The van der Waals surface area contributed by atoms with Crippen LogP contribution in [0.2, 0.25) is 0 Å². The van der Waals surface area contributed by atoms with Crippen LogP contribution in [-0.2, 0) is 10.0 Å². The summed E-state index contributed by atoms with van der Waals surface area (Å²) in [5, 5.41) is 8.26. The molecule has 3 N–H and O–H groups in total. The van der Waals surface area contributed by atoms with Crippen molar-refractivity contribution in [2.45, 2.75) is 9.92 Å². The Labute approximate surface area is 159 Å². The molecule has 0 radical (unpaired) electrons. The van der Waals surface area contributed by atoms with E-state index in [9.17, 15) is 17.6 Å². The van der Waals surface area contributed by atoms with Crippen molar-refractivity contribution in [3.63, 3.8) is 0 Å². The number of anilines is 2. The predicted octanol–water partition coefficient (Wildman–Crippen LogP) is 3.32. The fourth-order valence-electron chi connectivity index (χ4n) is 2.26. The summed E-state index contributed by atoms with van der Waals surface area (Å²) >= 11 is 1.51. The summed E-state index contributed by atoms with van der Waals surface area (Å²) in [5.41, 5.74) is 0.548. The highest BCUT2D eigenvalue weighted by Crippen LogP contribution is 2.22. The van der Waals surface area contributed by atoms with Crippen LogP contribution < -0.4 is 10.0 Å². The fraction of sp³-hybridized carbons (Fsp3) is 0.0588. The van der Waals surface area contributed by atoms with E-state index < -0.39 is 21.7 Å². The number of hydrogen-bond donors (Lipinski definition) is 3. The molecule has 1 aromatic heterocycles. The molecule has 0 spiro atoms. The van der Waals surface area contributed by atoms with E-state index in [1.807, 2.05) is 12.3 Å². The number of carbonyl (C=O) groups is 1. The van der Waals surface area contributed by atoms with E-state index in [1.54, 1.807) is 18.2 Å². The van der Waals surface area contributed by atoms with Crippen molar-refractivity contribution >= 4 is 39.1 Å². The first kappa shape index (κ1) is 18.9. The normalized spacial score (nSPS) is 11.2. The van der Waals surface area contributed by atoms with Gasteiger partial charge in [-0.05, 0) is 48.7 Å². The van der Waals surface area contributed by atoms with Gasteiger partial charge in [-0.1, -0.05) is 6.07 Å². The van der Waals surface area contributed by atoms with Crippen molar-refractivity contribution < 1.29 is 17.6 Å². The summed E-state index contributed by atoms with van der Waals surface area (Å²) in [6.45, 7) is 0. The maximum Gasteiger partial charge on any atom is 0.279 e. The van der Waals surface area contributed by atoms with Gasteiger partial charge in [0.05, 0.1) is 11.8 Å². The second-order valence-electron chi connectivity index (χ2n) is 5.41. The van der Waals surface area contributed by atoms with Gasteiger partial charge in [0.25, 0.3) is 15.9 Å². The molecule has 0 aliphatic rings. The molecule has 140 valence electrons. The van der Waals surface area contributed by atoms with Gasteiger partial charge in [-0.2, -0.15) is 13.5 Å². The lowest BCUT2D eigenvalue weighted by Gasteiger charge is -2.09. The molecule has 0 atom stereocenters. The summed E-state index contributed by atoms with van der Waals surface area (Å²) in [6, 6.07) is 11.9. The zero-order valence-electron chi connectivity index (χ0n) is 14.1. The maximum atomic E-state index is 13.0. The average Bonchev–Trinajstić information content (AvgIpc) is 3.15. The van der Waals surface area contributed by atoms with Gasteiger partial charge in [-0.3, -0.25) is 14.6 Å². The monoisotopic (exact) mass is 406 g/mol. The Bertz CT molecular complexity index is 1070. The van der Waals surface area contributed by atoms with E-state index in [4.69, 9.17) is 0 Å². The maximum absolute atomic E-state index is 13.0. The molecule has 27 heavy (non-hydrogen) atoms. The number of rotatable bonds is 6. The van der Waals surface area contributed by atoms with E-state index in [-0.39, 0.29) is 16.3 Å². The van der Waals surface area contributed by atoms with Crippen molar-refractivity contribution in [2.75, 3.05) is 16.3 Å². The van der Waals surface area contributed by atoms with E-state index in [0.29, 0.717) is 5.69 Å². The van der Waals surface area contributed by atoms with Crippen LogP contribution in [0.5, 0.6) is 0 Å². The van der Waals surface area contributed by atoms with E-state index in [1.165, 1.54) is 23.9 Å². The minimum absolute atomic E-state index is 0.140. The Hall–Kier alpha value is -2.85. The van der Waals surface area contributed by atoms with Crippen LogP contribution in [0.1, 0.15) is 10.4 Å². The number of hydrogen-bond acceptors (Lipinski definition) is 5. The molecule has 7 nitrogen and oxygen atoms in total. The van der Waals surface area contributed by atoms with Crippen molar-refractivity contribution in [1.29, 1.82) is 0 Å². The molecule has 10 heteroatoms. The molecule has 0 fully saturated rings. The lowest BCUT2D eigenvalue weighted by Crippen LogP contribution is -2.19. The second-order valence-corrected chi connectivity index (χ2v) is 7.91. The van der Waals surface area contributed by atoms with Gasteiger partial charge in [0.15, 0.2) is 5.03 Å². The smallest absolute Gasteiger partial charge is 0.279 e. The predicted molar refractivity (Wildman–Crippen MR) is 102 cm³/mol. The number of nitrogens with zero attached hydrogens (tertiary/aromatic N) is 1. The molecule has 0 aliphatic carbocycles. The molecule has 0 saturated heterocycles. The van der Waals surface area contributed by atoms with Crippen LogP contribution in [0.3, 0.4) is 0 Å². The van der Waals surface area contributed by atoms with E-state index in [2.05, 4.69) is 20.2 Å². The molecule has 0 aliphatic heterocycles. The van der Waals surface area contributed by atoms with Gasteiger partial charge >= 0.3 is 0 Å². The van der Waals surface area contributed by atoms with Crippen LogP contribution in [-0.4, -0.2) is 30.8 Å². The number of halogens is 1. The quantitative estimate of drug-likeness (QED) is 0.545. The number of H-pyrrole nitrogens is 1. The molecule has 3 rings (SSSR count). The molecule has 3 aromatic rings. The number of nitrogens with one attached hydrogen (secondary N) is 3. The largest absolute Gasteiger partial charge is 0.322 e. The summed E-state index contributed by atoms with van der Waals surface area (Å²) in [7, 11) is -4.12. The standard InChI is InChI=1S/C17H15FN4O3S2/c1-26-14-4-2-3-13(9-14)20-16(23)15-10-19-21-17(15)27(24,25)22-12-7-5-11(18)6-8-12/h2-10,22H,1H3,(H,19,21)(H,20,23). The molecule has 2 aromatic carbocycles. The minimum atomic E-state index is -4.12. The van der Waals surface area contributed by atoms with Gasteiger partial charge in [0, 0.05) is 16.3 Å². The van der Waals surface area contributed by atoms with Gasteiger partial charge < -0.3 is 5.32 Å². The molecule has 1 heterocycles. The van der Waals surface area contributed by atoms with E-state index >= 15 is 0 Å². The first-order valence-electron chi connectivity index (χ1n) is 7.66. The molecular weight excluding hydrogens is 391 g/mol. The summed E-state index contributed by atoms with van der Waals surface area (Å²) in [5.74, 6) is -1.12. The third-order valence-electron chi connectivity index (χ3n) is 3.54. The number of carbonyl (C=O) groups excluding carboxylic acids is 1. The van der Waals surface area contributed by atoms with Crippen LogP contribution in [0.15, 0.2) is 64.6 Å². The topological polar surface area (TPSA) is 104 Å². The molecule has 1 amide bonds. The Morgan fingerprint density at radius 1 is 1.15 bits per heavy atom. The zero-order valence-corrected chi connectivity index (χ0v) is 15.7. The summed E-state index contributed by atoms with van der Waals surface area (Å²) in [4.78, 5) is 13.5. The number of amides is 1. The Morgan fingerprint density at radius 2 is 1.89 bits per heavy atom. The zero-order chi connectivity index (χ0) is 19.4. The van der Waals surface area contributed by atoms with Crippen molar-refractivity contribution in [3.8, 4) is 0 Å². The third-order valence-corrected chi connectivity index (χ3v) is 5.62. The highest BCUT2D eigenvalue weighted by atomic mass is 32.2. The number of sulfonamides is 1. The van der Waals surface area contributed by atoms with E-state index in [0.717, 1.165) is 23.2 Å². The lowest BCUT2D eigenvalue weighted by atomic mass is 10.3. The van der Waals surface area contributed by atoms with Crippen molar-refractivity contribution in [3.05, 3.63) is 66.1 Å². The number of thioether (sulfide) groups is 1. The van der Waals surface area contributed by atoms with Crippen LogP contribution >= 0.6 is 11.8 Å². The first-order chi connectivity index (χ1) is 12.9. The second kappa shape index (κ2) is 7.80. The lowest BCUT2D eigenvalue weighted by molar-refractivity contribution is 0.102. The van der Waals surface area contributed by atoms with Crippen molar-refractivity contribution in [2.24, 2.45) is 0 Å². The molecule has 0 unspecified atom stereocenters. The highest BCUT2D eigenvalue weighted by molar-refractivity contribution is 7.98. The average molecular weight is 406 g/mol. The number of benzene rings is 2. The Morgan fingerprint density at radius 3 is 2.59 bits per heavy atom. The van der Waals surface area contributed by atoms with Crippen molar-refractivity contribution in [1.82, 2.24) is 10.2 Å². The van der Waals surface area contributed by atoms with Crippen LogP contribution in [0, 0.1) is 5.82 Å². The number of aromatic amines is 1. The highest BCUT2D eigenvalue weighted by Gasteiger charge is 2.25. The molecule has 0 bridgehead atoms. The van der Waals surface area contributed by atoms with Crippen LogP contribution in [0.4, 0.5) is 15.8 Å². The Balaban J connectivity index is 1.83. The minimum Gasteiger partial charge on any atom is -0.322 e.